The number of carbonyl (C=O) groups is 2. The molecule has 0 aromatic heterocycles. The molecule has 0 bridgehead atoms. The molecule has 108 valence electrons. The summed E-state index contributed by atoms with van der Waals surface area (Å²) in [5, 5.41) is 7.10. The Balaban J connectivity index is 2.45. The number of ether oxygens (including phenoxy) is 1. The molecule has 5 heteroatoms. The van der Waals surface area contributed by atoms with Crippen molar-refractivity contribution in [3.05, 3.63) is 35.4 Å². The minimum absolute atomic E-state index is 0.353. The van der Waals surface area contributed by atoms with Crippen LogP contribution < -0.4 is 15.4 Å². The van der Waals surface area contributed by atoms with Crippen LogP contribution in [0.4, 0.5) is 5.69 Å². The number of nitrogens with one attached hydrogen (secondary N) is 2. The molecule has 0 atom stereocenters. The number of fused-ring (bicyclic) bond motifs is 3. The summed E-state index contributed by atoms with van der Waals surface area (Å²) in [4.78, 5) is 24.3. The van der Waals surface area contributed by atoms with Crippen LogP contribution in [0.15, 0.2) is 24.3 Å². The first-order valence-corrected chi connectivity index (χ1v) is 7.00. The zero-order chi connectivity index (χ0) is 15.0. The van der Waals surface area contributed by atoms with Gasteiger partial charge in [0, 0.05) is 11.9 Å². The van der Waals surface area contributed by atoms with Crippen molar-refractivity contribution in [1.82, 2.24) is 5.32 Å². The molecule has 0 unspecified atom stereocenters. The van der Waals surface area contributed by atoms with Crippen LogP contribution in [0.5, 0.6) is 5.75 Å². The van der Waals surface area contributed by atoms with E-state index in [1.54, 1.807) is 0 Å². The van der Waals surface area contributed by atoms with Crippen molar-refractivity contribution < 1.29 is 14.3 Å². The lowest BCUT2D eigenvalue weighted by Gasteiger charge is -2.17. The van der Waals surface area contributed by atoms with E-state index in [2.05, 4.69) is 10.6 Å². The average molecular weight is 284 g/mol. The standard InChI is InChI=1S/C16H16N2O3/c1-3-17-13-12-11(15(19)18-16(12)20)9-7-5-6-8-10(9)14(13)21-4-2/h5-8,17H,3-4H2,1-2H3,(H,18,19,20). The van der Waals surface area contributed by atoms with E-state index < -0.39 is 0 Å². The molecule has 0 saturated carbocycles. The first-order valence-electron chi connectivity index (χ1n) is 7.00. The van der Waals surface area contributed by atoms with E-state index in [0.717, 1.165) is 10.8 Å². The molecule has 21 heavy (non-hydrogen) atoms. The van der Waals surface area contributed by atoms with Gasteiger partial charge in [-0.3, -0.25) is 14.9 Å². The smallest absolute Gasteiger partial charge is 0.261 e. The summed E-state index contributed by atoms with van der Waals surface area (Å²) in [6.45, 7) is 4.94. The van der Waals surface area contributed by atoms with Gasteiger partial charge in [-0.05, 0) is 19.2 Å². The van der Waals surface area contributed by atoms with E-state index in [-0.39, 0.29) is 11.8 Å². The van der Waals surface area contributed by atoms with Gasteiger partial charge in [0.05, 0.1) is 23.4 Å². The van der Waals surface area contributed by atoms with Gasteiger partial charge in [0.15, 0.2) is 5.75 Å². The van der Waals surface area contributed by atoms with E-state index in [1.807, 2.05) is 38.1 Å². The van der Waals surface area contributed by atoms with E-state index in [9.17, 15) is 9.59 Å². The molecule has 3 rings (SSSR count). The lowest BCUT2D eigenvalue weighted by Crippen LogP contribution is -2.20. The Kier molecular flexibility index (Phi) is 3.25. The highest BCUT2D eigenvalue weighted by Gasteiger charge is 2.34. The normalized spacial score (nSPS) is 13.2. The number of hydrogen-bond acceptors (Lipinski definition) is 4. The maximum atomic E-state index is 12.1. The fraction of sp³-hybridized carbons (Fsp3) is 0.250. The zero-order valence-electron chi connectivity index (χ0n) is 11.9. The van der Waals surface area contributed by atoms with Crippen molar-refractivity contribution in [2.45, 2.75) is 13.8 Å². The molecule has 2 N–H and O–H groups in total. The molecule has 2 amide bonds. The molecule has 2 aromatic carbocycles. The summed E-state index contributed by atoms with van der Waals surface area (Å²) >= 11 is 0. The topological polar surface area (TPSA) is 67.4 Å². The summed E-state index contributed by atoms with van der Waals surface area (Å²) in [5.74, 6) is -0.107. The summed E-state index contributed by atoms with van der Waals surface area (Å²) < 4.78 is 5.76. The Morgan fingerprint density at radius 2 is 1.71 bits per heavy atom. The molecular weight excluding hydrogens is 268 g/mol. The van der Waals surface area contributed by atoms with Crippen LogP contribution in [0.25, 0.3) is 10.8 Å². The van der Waals surface area contributed by atoms with Crippen molar-refractivity contribution in [2.75, 3.05) is 18.5 Å². The van der Waals surface area contributed by atoms with Crippen LogP contribution in [0.1, 0.15) is 34.6 Å². The minimum Gasteiger partial charge on any atom is -0.491 e. The second-order valence-electron chi connectivity index (χ2n) is 4.75. The Morgan fingerprint density at radius 3 is 2.38 bits per heavy atom. The van der Waals surface area contributed by atoms with Gasteiger partial charge in [-0.2, -0.15) is 0 Å². The predicted octanol–water partition coefficient (Wildman–Crippen LogP) is 2.55. The molecule has 0 spiro atoms. The Morgan fingerprint density at radius 1 is 1.05 bits per heavy atom. The van der Waals surface area contributed by atoms with Crippen molar-refractivity contribution >= 4 is 28.3 Å². The molecule has 1 heterocycles. The highest BCUT2D eigenvalue weighted by Crippen LogP contribution is 2.42. The number of carbonyl (C=O) groups excluding carboxylic acids is 2. The molecule has 1 aliphatic rings. The number of hydrogen-bond donors (Lipinski definition) is 2. The van der Waals surface area contributed by atoms with E-state index in [1.165, 1.54) is 0 Å². The third-order valence-electron chi connectivity index (χ3n) is 3.49. The van der Waals surface area contributed by atoms with Gasteiger partial charge in [0.2, 0.25) is 0 Å². The number of rotatable bonds is 4. The second-order valence-corrected chi connectivity index (χ2v) is 4.75. The summed E-state index contributed by atoms with van der Waals surface area (Å²) in [6.07, 6.45) is 0. The zero-order valence-corrected chi connectivity index (χ0v) is 11.9. The molecule has 0 fully saturated rings. The van der Waals surface area contributed by atoms with Crippen LogP contribution in [-0.2, 0) is 0 Å². The molecule has 2 aromatic rings. The van der Waals surface area contributed by atoms with E-state index >= 15 is 0 Å². The first kappa shape index (κ1) is 13.4. The van der Waals surface area contributed by atoms with Gasteiger partial charge in [-0.25, -0.2) is 0 Å². The van der Waals surface area contributed by atoms with Crippen LogP contribution in [0, 0.1) is 0 Å². The lowest BCUT2D eigenvalue weighted by molar-refractivity contribution is 0.0880. The first-order chi connectivity index (χ1) is 10.2. The molecule has 0 saturated heterocycles. The summed E-state index contributed by atoms with van der Waals surface area (Å²) in [5.41, 5.74) is 1.40. The van der Waals surface area contributed by atoms with Crippen LogP contribution >= 0.6 is 0 Å². The van der Waals surface area contributed by atoms with E-state index in [4.69, 9.17) is 4.74 Å². The predicted molar refractivity (Wildman–Crippen MR) is 81.1 cm³/mol. The summed E-state index contributed by atoms with van der Waals surface area (Å²) in [7, 11) is 0. The summed E-state index contributed by atoms with van der Waals surface area (Å²) in [6, 6.07) is 7.48. The van der Waals surface area contributed by atoms with Crippen LogP contribution in [0.2, 0.25) is 0 Å². The monoisotopic (exact) mass is 284 g/mol. The van der Waals surface area contributed by atoms with Crippen molar-refractivity contribution in [2.24, 2.45) is 0 Å². The number of anilines is 1. The molecular formula is C16H16N2O3. The minimum atomic E-state index is -0.377. The van der Waals surface area contributed by atoms with Gasteiger partial charge < -0.3 is 10.1 Å². The largest absolute Gasteiger partial charge is 0.491 e. The fourth-order valence-electron chi connectivity index (χ4n) is 2.74. The molecule has 5 nitrogen and oxygen atoms in total. The third-order valence-corrected chi connectivity index (χ3v) is 3.49. The highest BCUT2D eigenvalue weighted by atomic mass is 16.5. The number of benzene rings is 2. The fourth-order valence-corrected chi connectivity index (χ4v) is 2.74. The Bertz CT molecular complexity index is 753. The van der Waals surface area contributed by atoms with Crippen LogP contribution in [0.3, 0.4) is 0 Å². The Hall–Kier alpha value is -2.56. The van der Waals surface area contributed by atoms with Crippen LogP contribution in [-0.4, -0.2) is 25.0 Å². The quantitative estimate of drug-likeness (QED) is 0.847. The van der Waals surface area contributed by atoms with Gasteiger partial charge >= 0.3 is 0 Å². The number of amides is 2. The Labute approximate surface area is 122 Å². The molecule has 0 aliphatic carbocycles. The molecule has 1 aliphatic heterocycles. The van der Waals surface area contributed by atoms with Crippen molar-refractivity contribution in [1.29, 1.82) is 0 Å². The maximum absolute atomic E-state index is 12.1. The lowest BCUT2D eigenvalue weighted by atomic mass is 9.97. The van der Waals surface area contributed by atoms with Crippen molar-refractivity contribution in [3.8, 4) is 5.75 Å². The van der Waals surface area contributed by atoms with Gasteiger partial charge in [-0.1, -0.05) is 24.3 Å². The third kappa shape index (κ3) is 1.93. The average Bonchev–Trinajstić information content (AvgIpc) is 2.78. The maximum Gasteiger partial charge on any atom is 0.261 e. The highest BCUT2D eigenvalue weighted by molar-refractivity contribution is 6.30. The second kappa shape index (κ2) is 5.09. The van der Waals surface area contributed by atoms with E-state index in [0.29, 0.717) is 35.7 Å². The van der Waals surface area contributed by atoms with Gasteiger partial charge in [0.1, 0.15) is 0 Å². The SMILES string of the molecule is CCNc1c2c(c3ccccc3c1OCC)C(=O)NC2=O. The van der Waals surface area contributed by atoms with Gasteiger partial charge in [0.25, 0.3) is 11.8 Å². The van der Waals surface area contributed by atoms with Gasteiger partial charge in [-0.15, -0.1) is 0 Å². The molecule has 0 radical (unpaired) electrons. The van der Waals surface area contributed by atoms with Crippen molar-refractivity contribution in [3.63, 3.8) is 0 Å². The number of imide groups is 1.